The fourth-order valence-electron chi connectivity index (χ4n) is 0.738. The van der Waals surface area contributed by atoms with Gasteiger partial charge in [0.05, 0.1) is 65.5 Å². The second-order valence-electron chi connectivity index (χ2n) is 4.71. The van der Waals surface area contributed by atoms with Crippen LogP contribution in [0.4, 0.5) is 0 Å². The fourth-order valence-corrected chi connectivity index (χ4v) is 2.21. The van der Waals surface area contributed by atoms with Gasteiger partial charge in [0, 0.05) is 0 Å². The summed E-state index contributed by atoms with van der Waals surface area (Å²) in [5, 5.41) is 40.4. The molecular weight excluding hydrogens is 550 g/mol. The van der Waals surface area contributed by atoms with Crippen LogP contribution in [-0.4, -0.2) is 162 Å². The van der Waals surface area contributed by atoms with Crippen molar-refractivity contribution < 1.29 is 67.5 Å². The molecule has 4 atom stereocenters. The van der Waals surface area contributed by atoms with Crippen molar-refractivity contribution in [3.8, 4) is 0 Å². The molecule has 0 N–H and O–H groups in total. The maximum absolute atomic E-state index is 10.8. The average Bonchev–Trinajstić information content (AvgIpc) is 2.54. The van der Waals surface area contributed by atoms with E-state index in [2.05, 4.69) is 18.1 Å². The Kier molecular flexibility index (Phi) is 33.6. The number of hydrogen-bond donors (Lipinski definition) is 0. The van der Waals surface area contributed by atoms with Crippen molar-refractivity contribution in [1.29, 1.82) is 0 Å². The third-order valence-corrected chi connectivity index (χ3v) is 4.26. The van der Waals surface area contributed by atoms with Crippen LogP contribution in [0.25, 0.3) is 0 Å². The number of carbonyl (C=O) groups is 4. The molecule has 4 unspecified atom stereocenters. The minimum absolute atomic E-state index is 0. The van der Waals surface area contributed by atoms with E-state index in [1.165, 1.54) is 0 Å². The Morgan fingerprint density at radius 3 is 0.742 bits per heavy atom. The van der Waals surface area contributed by atoms with Crippen molar-refractivity contribution in [1.82, 2.24) is 0 Å². The molecule has 0 aliphatic carbocycles. The maximum atomic E-state index is 10.8. The third kappa shape index (κ3) is 25.2. The van der Waals surface area contributed by atoms with Crippen LogP contribution in [0.5, 0.6) is 0 Å². The van der Waals surface area contributed by atoms with Gasteiger partial charge in [-0.15, -0.1) is 0 Å². The number of carboxylic acid groups (broad SMARTS) is 4. The van der Waals surface area contributed by atoms with Crippen LogP contribution in [0.2, 0.25) is 0 Å². The SMILES string of the molecule is CC(OP([O-])OC(C)C(=O)[O-])C(=O)[O-].CC(OP([O-])OC(C)C(=O)[O-])C(=O)[O-].[Ca+2].[Ca+2].[Ca+2]. The first-order chi connectivity index (χ1) is 12.7. The summed E-state index contributed by atoms with van der Waals surface area (Å²) in [5.74, 6) is -6.28. The molecule has 0 bridgehead atoms. The summed E-state index contributed by atoms with van der Waals surface area (Å²) < 4.78 is 17.1. The van der Waals surface area contributed by atoms with Gasteiger partial charge in [-0.1, -0.05) is 0 Å². The van der Waals surface area contributed by atoms with E-state index in [-0.39, 0.29) is 113 Å². The Balaban J connectivity index is -0.000000133. The van der Waals surface area contributed by atoms with E-state index in [4.69, 9.17) is 0 Å². The second-order valence-corrected chi connectivity index (χ2v) is 6.45. The molecule has 0 aromatic carbocycles. The van der Waals surface area contributed by atoms with Crippen molar-refractivity contribution >= 4 is 154 Å². The summed E-state index contributed by atoms with van der Waals surface area (Å²) in [4.78, 5) is 62.0. The van der Waals surface area contributed by atoms with Gasteiger partial charge >= 0.3 is 113 Å². The summed E-state index contributed by atoms with van der Waals surface area (Å²) in [7, 11) is -5.63. The molecule has 31 heavy (non-hydrogen) atoms. The normalized spacial score (nSPS) is 15.4. The van der Waals surface area contributed by atoms with E-state index < -0.39 is 65.5 Å². The van der Waals surface area contributed by atoms with Crippen molar-refractivity contribution in [2.75, 3.05) is 0 Å². The van der Waals surface area contributed by atoms with Gasteiger partial charge in [0.1, 0.15) is 0 Å². The van der Waals surface area contributed by atoms with E-state index in [0.717, 1.165) is 27.7 Å². The van der Waals surface area contributed by atoms with Crippen LogP contribution in [0.1, 0.15) is 27.7 Å². The fraction of sp³-hybridized carbons (Fsp3) is 0.667. The van der Waals surface area contributed by atoms with Gasteiger partial charge in [0.2, 0.25) is 0 Å². The molecule has 0 saturated heterocycles. The molecule has 164 valence electrons. The van der Waals surface area contributed by atoms with Crippen LogP contribution in [0.3, 0.4) is 0 Å². The van der Waals surface area contributed by atoms with Crippen molar-refractivity contribution in [2.45, 2.75) is 52.1 Å². The number of carbonyl (C=O) groups excluding carboxylic acids is 4. The molecule has 0 aromatic heterocycles. The van der Waals surface area contributed by atoms with Crippen molar-refractivity contribution in [3.05, 3.63) is 0 Å². The predicted molar refractivity (Wildman–Crippen MR) is 93.3 cm³/mol. The van der Waals surface area contributed by atoms with E-state index >= 15 is 0 Å². The van der Waals surface area contributed by atoms with E-state index in [1.54, 1.807) is 0 Å². The zero-order valence-electron chi connectivity index (χ0n) is 17.0. The number of rotatable bonds is 12. The molecule has 0 amide bonds. The van der Waals surface area contributed by atoms with Gasteiger partial charge in [-0.05, 0) is 27.7 Å². The molecule has 14 nitrogen and oxygen atoms in total. The quantitative estimate of drug-likeness (QED) is 0.157. The summed E-state index contributed by atoms with van der Waals surface area (Å²) in [6, 6.07) is 0. The van der Waals surface area contributed by atoms with Gasteiger partial charge in [-0.3, -0.25) is 0 Å². The van der Waals surface area contributed by atoms with E-state index in [9.17, 15) is 49.4 Å². The smallest absolute Gasteiger partial charge is 0.786 e. The van der Waals surface area contributed by atoms with Crippen molar-refractivity contribution in [3.63, 3.8) is 0 Å². The Hall–Kier alpha value is 2.28. The summed E-state index contributed by atoms with van der Waals surface area (Å²) in [5.41, 5.74) is 0. The minimum atomic E-state index is -2.82. The van der Waals surface area contributed by atoms with E-state index in [1.807, 2.05) is 0 Å². The summed E-state index contributed by atoms with van der Waals surface area (Å²) in [6.45, 7) is 4.32. The molecule has 0 heterocycles. The molecule has 0 saturated carbocycles. The van der Waals surface area contributed by atoms with E-state index in [0.29, 0.717) is 0 Å². The molecule has 0 radical (unpaired) electrons. The molecular formula is C12H16Ca3O14P2. The van der Waals surface area contributed by atoms with Gasteiger partial charge in [-0.2, -0.15) is 0 Å². The monoisotopic (exact) mass is 566 g/mol. The Morgan fingerprint density at radius 1 is 0.516 bits per heavy atom. The summed E-state index contributed by atoms with van der Waals surface area (Å²) >= 11 is 0. The molecule has 0 aromatic rings. The molecule has 0 spiro atoms. The molecule has 0 aliphatic rings. The molecule has 19 heteroatoms. The summed E-state index contributed by atoms with van der Waals surface area (Å²) in [6.07, 6.45) is -5.75. The third-order valence-electron chi connectivity index (χ3n) is 2.30. The molecule has 0 fully saturated rings. The van der Waals surface area contributed by atoms with Gasteiger partial charge in [-0.25, -0.2) is 0 Å². The average molecular weight is 566 g/mol. The first kappa shape index (κ1) is 43.4. The molecule has 0 rings (SSSR count). The Labute approximate surface area is 269 Å². The first-order valence-electron chi connectivity index (χ1n) is 7.14. The topological polar surface area (TPSA) is 244 Å². The first-order valence-corrected chi connectivity index (χ1v) is 9.33. The number of carboxylic acids is 4. The van der Waals surface area contributed by atoms with Crippen molar-refractivity contribution in [2.24, 2.45) is 0 Å². The van der Waals surface area contributed by atoms with Crippen LogP contribution < -0.4 is 30.2 Å². The predicted octanol–water partition coefficient (Wildman–Crippen LogP) is -7.38. The zero-order valence-corrected chi connectivity index (χ0v) is 25.5. The number of hydrogen-bond acceptors (Lipinski definition) is 14. The van der Waals surface area contributed by atoms with Crippen LogP contribution in [0, 0.1) is 0 Å². The van der Waals surface area contributed by atoms with Gasteiger partial charge < -0.3 is 67.5 Å². The Morgan fingerprint density at radius 2 is 0.645 bits per heavy atom. The minimum Gasteiger partial charge on any atom is -0.786 e. The van der Waals surface area contributed by atoms with Gasteiger partial charge in [0.15, 0.2) is 0 Å². The largest absolute Gasteiger partial charge is 2.00 e. The second kappa shape index (κ2) is 24.0. The van der Waals surface area contributed by atoms with Crippen LogP contribution >= 0.6 is 17.2 Å². The van der Waals surface area contributed by atoms with Gasteiger partial charge in [0.25, 0.3) is 0 Å². The Bertz CT molecular complexity index is 453. The zero-order chi connectivity index (χ0) is 22.6. The standard InChI is InChI=1S/2C6H10O7P.3Ca/c2*1-3(5(7)8)12-14(11)13-4(2)6(9)10;;;/h2*3-4H,1-2H3,(H,7,8)(H,9,10);;;/q2*-1;3*+2/p-4. The number of aliphatic carboxylic acids is 4. The van der Waals surface area contributed by atoms with Crippen LogP contribution in [0.15, 0.2) is 0 Å². The molecule has 0 aliphatic heterocycles. The van der Waals surface area contributed by atoms with Crippen LogP contribution in [-0.2, 0) is 37.3 Å². The maximum Gasteiger partial charge on any atom is 2.00 e.